The highest BCUT2D eigenvalue weighted by Crippen LogP contribution is 2.43. The predicted octanol–water partition coefficient (Wildman–Crippen LogP) is 8.96. The van der Waals surface area contributed by atoms with Crippen molar-refractivity contribution in [1.82, 2.24) is 0 Å². The molecule has 0 radical (unpaired) electrons. The minimum Gasteiger partial charge on any atom is -0.481 e. The Morgan fingerprint density at radius 3 is 1.07 bits per heavy atom. The van der Waals surface area contributed by atoms with Gasteiger partial charge in [0.2, 0.25) is 0 Å². The third-order valence-electron chi connectivity index (χ3n) is 9.08. The first-order valence-electron chi connectivity index (χ1n) is 17.5. The zero-order valence-corrected chi connectivity index (χ0v) is 27.7. The summed E-state index contributed by atoms with van der Waals surface area (Å²) in [7, 11) is 0. The number of carbonyl (C=O) groups excluding carboxylic acids is 1. The number of aliphatic hydroxyl groups is 1. The number of ketones is 1. The van der Waals surface area contributed by atoms with Gasteiger partial charge < -0.3 is 20.4 Å². The van der Waals surface area contributed by atoms with E-state index in [9.17, 15) is 39.6 Å². The van der Waals surface area contributed by atoms with Gasteiger partial charge in [0, 0.05) is 5.41 Å². The summed E-state index contributed by atoms with van der Waals surface area (Å²) >= 11 is 0. The van der Waals surface area contributed by atoms with Crippen LogP contribution in [0.5, 0.6) is 0 Å². The second-order valence-corrected chi connectivity index (χ2v) is 12.8. The van der Waals surface area contributed by atoms with Gasteiger partial charge >= 0.3 is 17.9 Å². The third-order valence-corrected chi connectivity index (χ3v) is 9.08. The molecule has 4 N–H and O–H groups in total. The molecule has 0 saturated carbocycles. The van der Waals surface area contributed by atoms with Gasteiger partial charge in [-0.1, -0.05) is 156 Å². The molecular weight excluding hydrogens is 548 g/mol. The largest absolute Gasteiger partial charge is 0.481 e. The first kappa shape index (κ1) is 41.0. The quantitative estimate of drug-likeness (QED) is 0.0447. The molecule has 0 bridgehead atoms. The lowest BCUT2D eigenvalue weighted by Gasteiger charge is -2.38. The highest BCUT2D eigenvalue weighted by Gasteiger charge is 2.57. The van der Waals surface area contributed by atoms with Crippen LogP contribution in [-0.2, 0) is 19.2 Å². The van der Waals surface area contributed by atoms with Crippen molar-refractivity contribution >= 4 is 23.7 Å². The molecular formula is C35H64O8. The Morgan fingerprint density at radius 1 is 0.512 bits per heavy atom. The summed E-state index contributed by atoms with van der Waals surface area (Å²) in [6.07, 6.45) is 21.5. The normalized spacial score (nSPS) is 13.9. The number of hydrogen-bond donors (Lipinski definition) is 4. The van der Waals surface area contributed by atoms with E-state index in [4.69, 9.17) is 0 Å². The fraction of sp³-hybridized carbons (Fsp3) is 0.886. The minimum absolute atomic E-state index is 0.428. The molecule has 0 spiro atoms. The van der Waals surface area contributed by atoms with E-state index < -0.39 is 47.0 Å². The summed E-state index contributed by atoms with van der Waals surface area (Å²) in [4.78, 5) is 50.6. The van der Waals surface area contributed by atoms with Crippen LogP contribution in [0.15, 0.2) is 0 Å². The zero-order valence-electron chi connectivity index (χ0n) is 27.7. The van der Waals surface area contributed by atoms with Gasteiger partial charge in [-0.2, -0.15) is 0 Å². The molecule has 0 heterocycles. The summed E-state index contributed by atoms with van der Waals surface area (Å²) in [6.45, 7) is 6.49. The molecule has 2 atom stereocenters. The summed E-state index contributed by atoms with van der Waals surface area (Å²) in [5.74, 6) is -8.60. The lowest BCUT2D eigenvalue weighted by Crippen LogP contribution is -2.57. The van der Waals surface area contributed by atoms with E-state index in [0.717, 1.165) is 96.3 Å². The fourth-order valence-corrected chi connectivity index (χ4v) is 6.38. The standard InChI is InChI=1S/C35H64O8/c1-4-7-10-13-16-19-22-25-34(26-23-20-17-14-11-8-5-2,27-24-21-18-15-12-9-6-3)31(38)30(32(39)40)35(43,33(41)42)28-29(36)37/h30,43H,4-28H2,1-3H3,(H,36,37)(H,39,40)(H,41,42). The molecule has 2 unspecified atom stereocenters. The van der Waals surface area contributed by atoms with Crippen LogP contribution in [-0.4, -0.2) is 49.7 Å². The number of unbranched alkanes of at least 4 members (excludes halogenated alkanes) is 18. The average molecular weight is 613 g/mol. The summed E-state index contributed by atoms with van der Waals surface area (Å²) < 4.78 is 0. The van der Waals surface area contributed by atoms with E-state index in [1.54, 1.807) is 0 Å². The lowest BCUT2D eigenvalue weighted by molar-refractivity contribution is -0.183. The molecule has 0 aromatic carbocycles. The van der Waals surface area contributed by atoms with Crippen LogP contribution in [0.2, 0.25) is 0 Å². The van der Waals surface area contributed by atoms with E-state index in [2.05, 4.69) is 20.8 Å². The van der Waals surface area contributed by atoms with Gasteiger partial charge in [-0.15, -0.1) is 0 Å². The third kappa shape index (κ3) is 16.6. The van der Waals surface area contributed by atoms with Crippen LogP contribution in [0.1, 0.15) is 181 Å². The van der Waals surface area contributed by atoms with E-state index in [0.29, 0.717) is 38.5 Å². The number of carboxylic acid groups (broad SMARTS) is 3. The second-order valence-electron chi connectivity index (χ2n) is 12.8. The highest BCUT2D eigenvalue weighted by molar-refractivity contribution is 6.07. The maximum Gasteiger partial charge on any atom is 0.337 e. The Hall–Kier alpha value is -1.96. The van der Waals surface area contributed by atoms with Crippen molar-refractivity contribution in [2.45, 2.75) is 187 Å². The maximum atomic E-state index is 14.4. The highest BCUT2D eigenvalue weighted by atomic mass is 16.4. The number of hydrogen-bond acceptors (Lipinski definition) is 5. The van der Waals surface area contributed by atoms with Crippen molar-refractivity contribution in [3.8, 4) is 0 Å². The molecule has 43 heavy (non-hydrogen) atoms. The summed E-state index contributed by atoms with van der Waals surface area (Å²) in [5.41, 5.74) is -4.33. The van der Waals surface area contributed by atoms with Crippen LogP contribution in [0.4, 0.5) is 0 Å². The molecule has 8 heteroatoms. The van der Waals surface area contributed by atoms with E-state index in [1.807, 2.05) is 0 Å². The van der Waals surface area contributed by atoms with Crippen LogP contribution < -0.4 is 0 Å². The molecule has 8 nitrogen and oxygen atoms in total. The second kappa shape index (κ2) is 24.4. The van der Waals surface area contributed by atoms with Gasteiger partial charge in [0.05, 0.1) is 6.42 Å². The van der Waals surface area contributed by atoms with Crippen molar-refractivity contribution in [3.63, 3.8) is 0 Å². The van der Waals surface area contributed by atoms with Crippen LogP contribution in [0, 0.1) is 11.3 Å². The lowest BCUT2D eigenvalue weighted by atomic mass is 9.64. The topological polar surface area (TPSA) is 149 Å². The van der Waals surface area contributed by atoms with Gasteiger partial charge in [0.15, 0.2) is 17.3 Å². The zero-order chi connectivity index (χ0) is 32.6. The SMILES string of the molecule is CCCCCCCCCC(CCCCCCCCC)(CCCCCCCCC)C(=O)C(C(=O)O)C(O)(CC(=O)O)C(=O)O. The number of carboxylic acids is 3. The number of aliphatic carboxylic acids is 3. The van der Waals surface area contributed by atoms with Gasteiger partial charge in [0.25, 0.3) is 0 Å². The Balaban J connectivity index is 6.16. The van der Waals surface area contributed by atoms with E-state index >= 15 is 0 Å². The predicted molar refractivity (Wildman–Crippen MR) is 171 cm³/mol. The Kier molecular flexibility index (Phi) is 23.3. The van der Waals surface area contributed by atoms with Crippen LogP contribution in [0.3, 0.4) is 0 Å². The van der Waals surface area contributed by atoms with Crippen molar-refractivity contribution in [2.75, 3.05) is 0 Å². The van der Waals surface area contributed by atoms with E-state index in [1.165, 1.54) is 19.3 Å². The summed E-state index contributed by atoms with van der Waals surface area (Å²) in [5, 5.41) is 40.4. The van der Waals surface area contributed by atoms with Crippen molar-refractivity contribution in [1.29, 1.82) is 0 Å². The van der Waals surface area contributed by atoms with Crippen LogP contribution in [0.25, 0.3) is 0 Å². The molecule has 0 aromatic heterocycles. The molecule has 0 rings (SSSR count). The first-order chi connectivity index (χ1) is 20.5. The Bertz CT molecular complexity index is 734. The van der Waals surface area contributed by atoms with Crippen molar-refractivity contribution < 1.29 is 39.6 Å². The molecule has 0 aliphatic rings. The molecule has 0 amide bonds. The molecule has 0 aromatic rings. The van der Waals surface area contributed by atoms with Crippen molar-refractivity contribution in [2.24, 2.45) is 11.3 Å². The van der Waals surface area contributed by atoms with Gasteiger partial charge in [-0.25, -0.2) is 4.79 Å². The minimum atomic E-state index is -3.22. The Morgan fingerprint density at radius 2 is 0.814 bits per heavy atom. The Labute approximate surface area is 261 Å². The summed E-state index contributed by atoms with van der Waals surface area (Å²) in [6, 6.07) is 0. The molecule has 0 aliphatic heterocycles. The van der Waals surface area contributed by atoms with Crippen molar-refractivity contribution in [3.05, 3.63) is 0 Å². The fourth-order valence-electron chi connectivity index (χ4n) is 6.38. The maximum absolute atomic E-state index is 14.4. The molecule has 252 valence electrons. The number of Topliss-reactive ketones (excluding diaryl/α,β-unsaturated/α-hetero) is 1. The van der Waals surface area contributed by atoms with Gasteiger partial charge in [0.1, 0.15) is 0 Å². The average Bonchev–Trinajstić information content (AvgIpc) is 2.94. The number of carbonyl (C=O) groups is 4. The van der Waals surface area contributed by atoms with Gasteiger partial charge in [-0.3, -0.25) is 14.4 Å². The van der Waals surface area contributed by atoms with Gasteiger partial charge in [-0.05, 0) is 19.3 Å². The van der Waals surface area contributed by atoms with Crippen LogP contribution >= 0.6 is 0 Å². The van der Waals surface area contributed by atoms with E-state index in [-0.39, 0.29) is 0 Å². The molecule has 0 fully saturated rings. The smallest absolute Gasteiger partial charge is 0.337 e. The number of rotatable bonds is 31. The molecule has 0 saturated heterocycles. The first-order valence-corrected chi connectivity index (χ1v) is 17.5. The monoisotopic (exact) mass is 612 g/mol. The molecule has 0 aliphatic carbocycles.